The van der Waals surface area contributed by atoms with Crippen molar-refractivity contribution in [2.45, 2.75) is 13.0 Å². The van der Waals surface area contributed by atoms with Crippen molar-refractivity contribution >= 4 is 23.3 Å². The molecule has 0 atom stereocenters. The summed E-state index contributed by atoms with van der Waals surface area (Å²) in [6.07, 6.45) is 0.764. The molecule has 0 spiro atoms. The summed E-state index contributed by atoms with van der Waals surface area (Å²) in [6, 6.07) is 9.39. The Morgan fingerprint density at radius 2 is 2.19 bits per heavy atom. The lowest BCUT2D eigenvalue weighted by molar-refractivity contribution is 0.0990. The number of halogens is 1. The molecule has 3 N–H and O–H groups in total. The van der Waals surface area contributed by atoms with Crippen LogP contribution in [0.15, 0.2) is 30.3 Å². The number of carbonyl (C=O) groups excluding carboxylic acids is 1. The molecule has 0 saturated carbocycles. The smallest absolute Gasteiger partial charge is 0.286 e. The Morgan fingerprint density at radius 3 is 2.96 bits per heavy atom. The van der Waals surface area contributed by atoms with E-state index in [9.17, 15) is 4.79 Å². The molecule has 27 heavy (non-hydrogen) atoms. The highest BCUT2D eigenvalue weighted by atomic mass is 35.5. The number of rotatable bonds is 4. The van der Waals surface area contributed by atoms with Crippen molar-refractivity contribution in [1.82, 2.24) is 20.2 Å². The zero-order valence-corrected chi connectivity index (χ0v) is 15.3. The molecule has 0 unspecified atom stereocenters. The van der Waals surface area contributed by atoms with Crippen molar-refractivity contribution in [1.29, 1.82) is 0 Å². The summed E-state index contributed by atoms with van der Waals surface area (Å²) < 4.78 is 5.31. The van der Waals surface area contributed by atoms with Crippen molar-refractivity contribution < 1.29 is 9.53 Å². The minimum absolute atomic E-state index is 0.0940. The van der Waals surface area contributed by atoms with Gasteiger partial charge in [-0.25, -0.2) is 9.97 Å². The monoisotopic (exact) mass is 384 g/mol. The van der Waals surface area contributed by atoms with Gasteiger partial charge in [0.2, 0.25) is 5.82 Å². The first-order valence-electron chi connectivity index (χ1n) is 8.35. The summed E-state index contributed by atoms with van der Waals surface area (Å²) in [5.41, 5.74) is 9.29. The Hall–Kier alpha value is -3.13. The number of aromatic nitrogens is 4. The average molecular weight is 385 g/mol. The fourth-order valence-electron chi connectivity index (χ4n) is 3.18. The van der Waals surface area contributed by atoms with Crippen LogP contribution < -0.4 is 15.4 Å². The SMILES string of the molecule is COc1cccc(-c2n[nH]c3c2CN(c2cc(Cl)nc(C(N)=O)n2)CC3)c1. The second-order valence-electron chi connectivity index (χ2n) is 6.17. The maximum atomic E-state index is 11.4. The molecule has 0 fully saturated rings. The number of H-pyrrole nitrogens is 1. The van der Waals surface area contributed by atoms with Gasteiger partial charge in [0.15, 0.2) is 0 Å². The van der Waals surface area contributed by atoms with E-state index in [0.717, 1.165) is 34.7 Å². The molecule has 1 aromatic carbocycles. The number of methoxy groups -OCH3 is 1. The van der Waals surface area contributed by atoms with Gasteiger partial charge in [0.05, 0.1) is 12.8 Å². The fraction of sp³-hybridized carbons (Fsp3) is 0.222. The number of carbonyl (C=O) groups is 1. The number of aromatic amines is 1. The molecule has 2 aromatic heterocycles. The van der Waals surface area contributed by atoms with E-state index < -0.39 is 5.91 Å². The van der Waals surface area contributed by atoms with E-state index in [-0.39, 0.29) is 11.0 Å². The van der Waals surface area contributed by atoms with E-state index >= 15 is 0 Å². The van der Waals surface area contributed by atoms with E-state index in [2.05, 4.69) is 20.2 Å². The topological polar surface area (TPSA) is 110 Å². The molecule has 1 amide bonds. The molecule has 4 rings (SSSR count). The van der Waals surface area contributed by atoms with E-state index in [1.807, 2.05) is 29.2 Å². The number of amides is 1. The van der Waals surface area contributed by atoms with Gasteiger partial charge in [-0.1, -0.05) is 23.7 Å². The molecule has 138 valence electrons. The van der Waals surface area contributed by atoms with Crippen LogP contribution in [0.5, 0.6) is 5.75 Å². The highest BCUT2D eigenvalue weighted by molar-refractivity contribution is 6.29. The van der Waals surface area contributed by atoms with Gasteiger partial charge >= 0.3 is 0 Å². The summed E-state index contributed by atoms with van der Waals surface area (Å²) in [5.74, 6) is 0.526. The van der Waals surface area contributed by atoms with Crippen LogP contribution in [0.4, 0.5) is 5.82 Å². The van der Waals surface area contributed by atoms with Crippen LogP contribution in [0.1, 0.15) is 21.9 Å². The molecular formula is C18H17ClN6O2. The zero-order chi connectivity index (χ0) is 19.0. The van der Waals surface area contributed by atoms with Crippen LogP contribution in [0, 0.1) is 0 Å². The van der Waals surface area contributed by atoms with Gasteiger partial charge in [-0.2, -0.15) is 5.10 Å². The van der Waals surface area contributed by atoms with E-state index in [4.69, 9.17) is 22.1 Å². The molecule has 8 nitrogen and oxygen atoms in total. The van der Waals surface area contributed by atoms with Crippen molar-refractivity contribution in [3.8, 4) is 17.0 Å². The Bertz CT molecular complexity index is 1020. The summed E-state index contributed by atoms with van der Waals surface area (Å²) in [4.78, 5) is 21.6. The van der Waals surface area contributed by atoms with Crippen LogP contribution in [-0.2, 0) is 13.0 Å². The lowest BCUT2D eigenvalue weighted by Crippen LogP contribution is -2.31. The molecule has 0 bridgehead atoms. The summed E-state index contributed by atoms with van der Waals surface area (Å²) in [5, 5.41) is 7.80. The molecule has 0 aliphatic carbocycles. The second kappa shape index (κ2) is 6.88. The van der Waals surface area contributed by atoms with E-state index in [1.54, 1.807) is 13.2 Å². The highest BCUT2D eigenvalue weighted by Crippen LogP contribution is 2.32. The largest absolute Gasteiger partial charge is 0.497 e. The second-order valence-corrected chi connectivity index (χ2v) is 6.56. The van der Waals surface area contributed by atoms with E-state index in [0.29, 0.717) is 18.9 Å². The molecular weight excluding hydrogens is 368 g/mol. The van der Waals surface area contributed by atoms with Gasteiger partial charge in [0.1, 0.15) is 16.7 Å². The van der Waals surface area contributed by atoms with Gasteiger partial charge < -0.3 is 15.4 Å². The van der Waals surface area contributed by atoms with Gasteiger partial charge in [0.25, 0.3) is 5.91 Å². The number of nitrogens with zero attached hydrogens (tertiary/aromatic N) is 4. The summed E-state index contributed by atoms with van der Waals surface area (Å²) >= 11 is 6.03. The van der Waals surface area contributed by atoms with Crippen LogP contribution >= 0.6 is 11.6 Å². The van der Waals surface area contributed by atoms with Crippen molar-refractivity contribution in [2.75, 3.05) is 18.6 Å². The third kappa shape index (κ3) is 3.31. The predicted molar refractivity (Wildman–Crippen MR) is 101 cm³/mol. The summed E-state index contributed by atoms with van der Waals surface area (Å²) in [6.45, 7) is 1.28. The third-order valence-corrected chi connectivity index (χ3v) is 4.70. The van der Waals surface area contributed by atoms with Gasteiger partial charge in [-0.05, 0) is 12.1 Å². The Labute approximate surface area is 160 Å². The number of hydrogen-bond acceptors (Lipinski definition) is 6. The number of nitrogens with two attached hydrogens (primary N) is 1. The molecule has 3 aromatic rings. The van der Waals surface area contributed by atoms with Gasteiger partial charge in [0, 0.05) is 42.4 Å². The molecule has 0 radical (unpaired) electrons. The molecule has 0 saturated heterocycles. The standard InChI is InChI=1S/C18H17ClN6O2/c1-27-11-4-2-3-10(7-11)16-12-9-25(6-5-13(12)23-24-16)15-8-14(19)21-18(22-15)17(20)26/h2-4,7-8H,5-6,9H2,1H3,(H2,20,26)(H,23,24). The number of ether oxygens (including phenoxy) is 1. The van der Waals surface area contributed by atoms with Gasteiger partial charge in [-0.3, -0.25) is 9.89 Å². The lowest BCUT2D eigenvalue weighted by atomic mass is 10.0. The molecule has 3 heterocycles. The van der Waals surface area contributed by atoms with Crippen LogP contribution in [0.3, 0.4) is 0 Å². The average Bonchev–Trinajstić information content (AvgIpc) is 3.10. The normalized spacial score (nSPS) is 13.3. The van der Waals surface area contributed by atoms with Crippen molar-refractivity contribution in [3.05, 3.63) is 52.6 Å². The fourth-order valence-corrected chi connectivity index (χ4v) is 3.36. The Kier molecular flexibility index (Phi) is 4.41. The van der Waals surface area contributed by atoms with Gasteiger partial charge in [-0.15, -0.1) is 0 Å². The van der Waals surface area contributed by atoms with Crippen LogP contribution in [-0.4, -0.2) is 39.7 Å². The molecule has 9 heteroatoms. The maximum Gasteiger partial charge on any atom is 0.286 e. The number of benzene rings is 1. The number of hydrogen-bond donors (Lipinski definition) is 2. The first-order valence-corrected chi connectivity index (χ1v) is 8.73. The first-order chi connectivity index (χ1) is 13.0. The van der Waals surface area contributed by atoms with E-state index in [1.165, 1.54) is 0 Å². The number of nitrogens with one attached hydrogen (secondary N) is 1. The quantitative estimate of drug-likeness (QED) is 0.667. The minimum atomic E-state index is -0.711. The number of anilines is 1. The van der Waals surface area contributed by atoms with Crippen molar-refractivity contribution in [3.63, 3.8) is 0 Å². The molecule has 1 aliphatic rings. The van der Waals surface area contributed by atoms with Crippen LogP contribution in [0.25, 0.3) is 11.3 Å². The lowest BCUT2D eigenvalue weighted by Gasteiger charge is -2.28. The van der Waals surface area contributed by atoms with Crippen LogP contribution in [0.2, 0.25) is 5.15 Å². The predicted octanol–water partition coefficient (Wildman–Crippen LogP) is 2.19. The Balaban J connectivity index is 1.69. The zero-order valence-electron chi connectivity index (χ0n) is 14.6. The third-order valence-electron chi connectivity index (χ3n) is 4.50. The first kappa shape index (κ1) is 17.3. The molecule has 1 aliphatic heterocycles. The summed E-state index contributed by atoms with van der Waals surface area (Å²) in [7, 11) is 1.63. The Morgan fingerprint density at radius 1 is 1.33 bits per heavy atom. The minimum Gasteiger partial charge on any atom is -0.497 e. The number of fused-ring (bicyclic) bond motifs is 1. The highest BCUT2D eigenvalue weighted by Gasteiger charge is 2.25. The van der Waals surface area contributed by atoms with Crippen molar-refractivity contribution in [2.24, 2.45) is 5.73 Å². The maximum absolute atomic E-state index is 11.4. The number of primary amides is 1.